The fourth-order valence-corrected chi connectivity index (χ4v) is 3.98. The maximum atomic E-state index is 13.0. The van der Waals surface area contributed by atoms with Gasteiger partial charge in [-0.05, 0) is 57.2 Å². The topological polar surface area (TPSA) is 94.7 Å². The Hall–Kier alpha value is -3.29. The molecular formula is C22H26N6O2. The standard InChI is InChI=1S/C22H26N6O2/c1-15-8-11-27(14-18-13-23-16(2)12-24-18)22(30)20(15)21(29)26-17-4-6-19(7-5-17)28-10-3-9-25-28/h3,8-13,17,19H,4-7,14H2,1-2H3,(H,26,29). The van der Waals surface area contributed by atoms with Gasteiger partial charge in [0.2, 0.25) is 0 Å². The highest BCUT2D eigenvalue weighted by atomic mass is 16.2. The summed E-state index contributed by atoms with van der Waals surface area (Å²) in [6.45, 7) is 3.93. The van der Waals surface area contributed by atoms with Crippen LogP contribution in [0.25, 0.3) is 0 Å². The van der Waals surface area contributed by atoms with Crippen molar-refractivity contribution in [2.24, 2.45) is 0 Å². The van der Waals surface area contributed by atoms with Gasteiger partial charge in [-0.3, -0.25) is 24.2 Å². The number of hydrogen-bond donors (Lipinski definition) is 1. The fraction of sp³-hybridized carbons (Fsp3) is 0.409. The van der Waals surface area contributed by atoms with Crippen molar-refractivity contribution in [1.82, 2.24) is 29.6 Å². The summed E-state index contributed by atoms with van der Waals surface area (Å²) in [7, 11) is 0. The smallest absolute Gasteiger partial charge is 0.264 e. The summed E-state index contributed by atoms with van der Waals surface area (Å²) in [4.78, 5) is 34.5. The molecule has 0 bridgehead atoms. The van der Waals surface area contributed by atoms with Gasteiger partial charge in [-0.25, -0.2) is 0 Å². The maximum Gasteiger partial charge on any atom is 0.264 e. The van der Waals surface area contributed by atoms with Crippen molar-refractivity contribution in [3.05, 3.63) is 76.0 Å². The summed E-state index contributed by atoms with van der Waals surface area (Å²) in [6, 6.07) is 4.17. The summed E-state index contributed by atoms with van der Waals surface area (Å²) in [5.74, 6) is -0.302. The second-order valence-corrected chi connectivity index (χ2v) is 7.92. The normalized spacial score (nSPS) is 18.9. The second kappa shape index (κ2) is 8.61. The Kier molecular flexibility index (Phi) is 5.74. The lowest BCUT2D eigenvalue weighted by atomic mass is 9.91. The van der Waals surface area contributed by atoms with E-state index < -0.39 is 0 Å². The Morgan fingerprint density at radius 2 is 1.93 bits per heavy atom. The third-order valence-corrected chi connectivity index (χ3v) is 5.70. The molecule has 1 aliphatic rings. The van der Waals surface area contributed by atoms with Gasteiger partial charge in [0.15, 0.2) is 0 Å². The molecule has 30 heavy (non-hydrogen) atoms. The van der Waals surface area contributed by atoms with E-state index in [2.05, 4.69) is 20.4 Å². The highest BCUT2D eigenvalue weighted by Gasteiger charge is 2.25. The molecule has 3 aromatic rings. The van der Waals surface area contributed by atoms with E-state index in [4.69, 9.17) is 0 Å². The second-order valence-electron chi connectivity index (χ2n) is 7.92. The number of aryl methyl sites for hydroxylation is 2. The van der Waals surface area contributed by atoms with Gasteiger partial charge in [0, 0.05) is 30.8 Å². The third-order valence-electron chi connectivity index (χ3n) is 5.70. The van der Waals surface area contributed by atoms with Crippen molar-refractivity contribution in [2.75, 3.05) is 0 Å². The highest BCUT2D eigenvalue weighted by molar-refractivity contribution is 5.95. The van der Waals surface area contributed by atoms with Crippen molar-refractivity contribution >= 4 is 5.91 Å². The Morgan fingerprint density at radius 3 is 2.60 bits per heavy atom. The number of amides is 1. The number of pyridine rings is 1. The number of nitrogens with one attached hydrogen (secondary N) is 1. The molecule has 1 N–H and O–H groups in total. The van der Waals surface area contributed by atoms with E-state index in [1.807, 2.05) is 23.9 Å². The van der Waals surface area contributed by atoms with E-state index >= 15 is 0 Å². The molecule has 0 spiro atoms. The van der Waals surface area contributed by atoms with Gasteiger partial charge < -0.3 is 9.88 Å². The Balaban J connectivity index is 1.44. The molecule has 0 aliphatic heterocycles. The number of carbonyl (C=O) groups is 1. The first-order valence-corrected chi connectivity index (χ1v) is 10.3. The number of aromatic nitrogens is 5. The fourth-order valence-electron chi connectivity index (χ4n) is 3.98. The van der Waals surface area contributed by atoms with Crippen LogP contribution in [0.5, 0.6) is 0 Å². The minimum absolute atomic E-state index is 0.0692. The van der Waals surface area contributed by atoms with E-state index in [9.17, 15) is 9.59 Å². The minimum Gasteiger partial charge on any atom is -0.349 e. The highest BCUT2D eigenvalue weighted by Crippen LogP contribution is 2.27. The van der Waals surface area contributed by atoms with Crippen LogP contribution in [0.3, 0.4) is 0 Å². The van der Waals surface area contributed by atoms with Crippen LogP contribution in [0.4, 0.5) is 0 Å². The van der Waals surface area contributed by atoms with Gasteiger partial charge in [0.25, 0.3) is 11.5 Å². The van der Waals surface area contributed by atoms with Gasteiger partial charge in [0.05, 0.1) is 30.2 Å². The van der Waals surface area contributed by atoms with Crippen molar-refractivity contribution in [2.45, 2.75) is 58.2 Å². The molecule has 1 aliphatic carbocycles. The molecule has 3 aromatic heterocycles. The quantitative estimate of drug-likeness (QED) is 0.702. The lowest BCUT2D eigenvalue weighted by Crippen LogP contribution is -2.41. The van der Waals surface area contributed by atoms with Gasteiger partial charge in [0.1, 0.15) is 5.56 Å². The SMILES string of the molecule is Cc1cnc(Cn2ccc(C)c(C(=O)NC3CCC(n4cccn4)CC3)c2=O)cn1. The van der Waals surface area contributed by atoms with Gasteiger partial charge in [-0.15, -0.1) is 0 Å². The van der Waals surface area contributed by atoms with Crippen LogP contribution in [0.1, 0.15) is 59.0 Å². The predicted molar refractivity (Wildman–Crippen MR) is 112 cm³/mol. The molecule has 0 atom stereocenters. The number of hydrogen-bond acceptors (Lipinski definition) is 5. The predicted octanol–water partition coefficient (Wildman–Crippen LogP) is 2.41. The van der Waals surface area contributed by atoms with Gasteiger partial charge in [-0.1, -0.05) is 0 Å². The molecule has 8 nitrogen and oxygen atoms in total. The number of rotatable bonds is 5. The van der Waals surface area contributed by atoms with E-state index in [0.29, 0.717) is 17.3 Å². The molecule has 1 amide bonds. The average molecular weight is 406 g/mol. The first-order chi connectivity index (χ1) is 14.5. The van der Waals surface area contributed by atoms with Crippen LogP contribution in [0.15, 0.2) is 47.9 Å². The Morgan fingerprint density at radius 1 is 1.13 bits per heavy atom. The van der Waals surface area contributed by atoms with Crippen molar-refractivity contribution in [3.63, 3.8) is 0 Å². The van der Waals surface area contributed by atoms with E-state index in [1.54, 1.807) is 37.8 Å². The summed E-state index contributed by atoms with van der Waals surface area (Å²) in [6.07, 6.45) is 12.4. The monoisotopic (exact) mass is 406 g/mol. The molecule has 0 radical (unpaired) electrons. The summed E-state index contributed by atoms with van der Waals surface area (Å²) in [5, 5.41) is 7.39. The lowest BCUT2D eigenvalue weighted by Gasteiger charge is -2.29. The molecule has 0 aromatic carbocycles. The van der Waals surface area contributed by atoms with Crippen LogP contribution < -0.4 is 10.9 Å². The first kappa shape index (κ1) is 20.0. The Bertz CT molecular complexity index is 1060. The molecule has 3 heterocycles. The lowest BCUT2D eigenvalue weighted by molar-refractivity contribution is 0.0919. The largest absolute Gasteiger partial charge is 0.349 e. The van der Waals surface area contributed by atoms with Crippen molar-refractivity contribution < 1.29 is 4.79 Å². The van der Waals surface area contributed by atoms with E-state index in [-0.39, 0.29) is 29.6 Å². The van der Waals surface area contributed by atoms with E-state index in [1.165, 1.54) is 4.57 Å². The zero-order valence-electron chi connectivity index (χ0n) is 17.3. The van der Waals surface area contributed by atoms with Crippen LogP contribution in [0.2, 0.25) is 0 Å². The third kappa shape index (κ3) is 4.32. The van der Waals surface area contributed by atoms with Crippen LogP contribution in [-0.2, 0) is 6.54 Å². The van der Waals surface area contributed by atoms with Crippen molar-refractivity contribution in [1.29, 1.82) is 0 Å². The molecule has 8 heteroatoms. The van der Waals surface area contributed by atoms with Gasteiger partial charge >= 0.3 is 0 Å². The average Bonchev–Trinajstić information content (AvgIpc) is 3.27. The molecule has 0 unspecified atom stereocenters. The summed E-state index contributed by atoms with van der Waals surface area (Å²) >= 11 is 0. The summed E-state index contributed by atoms with van der Waals surface area (Å²) in [5.41, 5.74) is 2.06. The minimum atomic E-state index is -0.305. The number of nitrogens with zero attached hydrogens (tertiary/aromatic N) is 5. The number of carbonyl (C=O) groups excluding carboxylic acids is 1. The van der Waals surface area contributed by atoms with Crippen LogP contribution in [-0.4, -0.2) is 36.3 Å². The molecular weight excluding hydrogens is 380 g/mol. The first-order valence-electron chi connectivity index (χ1n) is 10.3. The Labute approximate surface area is 175 Å². The van der Waals surface area contributed by atoms with E-state index in [0.717, 1.165) is 31.4 Å². The van der Waals surface area contributed by atoms with Gasteiger partial charge in [-0.2, -0.15) is 5.10 Å². The van der Waals surface area contributed by atoms with Crippen molar-refractivity contribution in [3.8, 4) is 0 Å². The zero-order chi connectivity index (χ0) is 21.1. The maximum absolute atomic E-state index is 13.0. The molecule has 4 rings (SSSR count). The summed E-state index contributed by atoms with van der Waals surface area (Å²) < 4.78 is 3.50. The molecule has 1 saturated carbocycles. The van der Waals surface area contributed by atoms with Crippen LogP contribution >= 0.6 is 0 Å². The molecule has 156 valence electrons. The van der Waals surface area contributed by atoms with Crippen LogP contribution in [0, 0.1) is 13.8 Å². The molecule has 1 fully saturated rings. The molecule has 0 saturated heterocycles. The zero-order valence-corrected chi connectivity index (χ0v) is 17.3.